The van der Waals surface area contributed by atoms with E-state index >= 15 is 0 Å². The highest BCUT2D eigenvalue weighted by Crippen LogP contribution is 2.15. The van der Waals surface area contributed by atoms with Gasteiger partial charge in [0.25, 0.3) is 0 Å². The van der Waals surface area contributed by atoms with Crippen molar-refractivity contribution in [2.24, 2.45) is 0 Å². The molecule has 114 valence electrons. The topological polar surface area (TPSA) is 37.3 Å². The van der Waals surface area contributed by atoms with Crippen molar-refractivity contribution in [1.29, 1.82) is 0 Å². The number of carboxylic acid groups (broad SMARTS) is 1. The minimum Gasteiger partial charge on any atom is -0.481 e. The quantitative estimate of drug-likeness (QED) is 0.476. The molecular weight excluding hydrogens is 268 g/mol. The highest BCUT2D eigenvalue weighted by atomic mass is 32.1. The Morgan fingerprint density at radius 1 is 0.900 bits per heavy atom. The van der Waals surface area contributed by atoms with Crippen LogP contribution in [0.5, 0.6) is 0 Å². The predicted molar refractivity (Wildman–Crippen MR) is 86.4 cm³/mol. The lowest BCUT2D eigenvalue weighted by Crippen LogP contribution is -1.93. The molecule has 0 aliphatic heterocycles. The van der Waals surface area contributed by atoms with Gasteiger partial charge in [0, 0.05) is 11.3 Å². The molecule has 0 bridgehead atoms. The standard InChI is InChI=1S/C17H28O2S/c18-17(19)14-10-8-6-4-2-1-3-5-7-9-12-16-13-11-15-20-16/h11,13,15H,1-10,12,14H2,(H,18,19). The zero-order valence-electron chi connectivity index (χ0n) is 12.5. The van der Waals surface area contributed by atoms with Gasteiger partial charge in [0.2, 0.25) is 0 Å². The summed E-state index contributed by atoms with van der Waals surface area (Å²) in [7, 11) is 0. The van der Waals surface area contributed by atoms with E-state index in [0.29, 0.717) is 6.42 Å². The van der Waals surface area contributed by atoms with Crippen molar-refractivity contribution in [1.82, 2.24) is 0 Å². The van der Waals surface area contributed by atoms with Gasteiger partial charge in [-0.05, 0) is 30.7 Å². The number of hydrogen-bond donors (Lipinski definition) is 1. The zero-order valence-corrected chi connectivity index (χ0v) is 13.3. The normalized spacial score (nSPS) is 10.8. The molecule has 0 amide bonds. The second-order valence-corrected chi connectivity index (χ2v) is 6.54. The van der Waals surface area contributed by atoms with Crippen LogP contribution in [0.25, 0.3) is 0 Å². The van der Waals surface area contributed by atoms with Crippen LogP contribution in [0.3, 0.4) is 0 Å². The first-order valence-corrected chi connectivity index (χ1v) is 8.91. The maximum atomic E-state index is 10.3. The van der Waals surface area contributed by atoms with E-state index in [0.717, 1.165) is 12.8 Å². The molecule has 20 heavy (non-hydrogen) atoms. The van der Waals surface area contributed by atoms with Crippen LogP contribution in [0, 0.1) is 0 Å². The molecule has 2 nitrogen and oxygen atoms in total. The molecule has 1 rings (SSSR count). The lowest BCUT2D eigenvalue weighted by Gasteiger charge is -2.02. The van der Waals surface area contributed by atoms with Crippen LogP contribution in [0.4, 0.5) is 0 Å². The van der Waals surface area contributed by atoms with Gasteiger partial charge in [-0.3, -0.25) is 4.79 Å². The number of aryl methyl sites for hydroxylation is 1. The number of hydrogen-bond acceptors (Lipinski definition) is 2. The largest absolute Gasteiger partial charge is 0.481 e. The average molecular weight is 296 g/mol. The SMILES string of the molecule is O=C(O)CCCCCCCCCCCCc1cccs1. The molecule has 0 saturated heterocycles. The van der Waals surface area contributed by atoms with E-state index < -0.39 is 5.97 Å². The molecule has 3 heteroatoms. The van der Waals surface area contributed by atoms with Gasteiger partial charge < -0.3 is 5.11 Å². The number of rotatable bonds is 13. The van der Waals surface area contributed by atoms with E-state index in [1.807, 2.05) is 11.3 Å². The molecule has 0 radical (unpaired) electrons. The first-order valence-electron chi connectivity index (χ1n) is 8.03. The fourth-order valence-electron chi connectivity index (χ4n) is 2.44. The molecule has 0 aliphatic carbocycles. The number of carboxylic acids is 1. The molecule has 0 aliphatic rings. The van der Waals surface area contributed by atoms with Gasteiger partial charge in [-0.1, -0.05) is 57.4 Å². The fraction of sp³-hybridized carbons (Fsp3) is 0.706. The highest BCUT2D eigenvalue weighted by Gasteiger charge is 1.97. The van der Waals surface area contributed by atoms with Gasteiger partial charge in [-0.25, -0.2) is 0 Å². The third kappa shape index (κ3) is 10.0. The molecule has 0 fully saturated rings. The summed E-state index contributed by atoms with van der Waals surface area (Å²) in [5, 5.41) is 10.7. The molecular formula is C17H28O2S. The molecule has 1 aromatic rings. The minimum absolute atomic E-state index is 0.338. The summed E-state index contributed by atoms with van der Waals surface area (Å²) in [6.07, 6.45) is 14.1. The van der Waals surface area contributed by atoms with Crippen molar-refractivity contribution in [3.63, 3.8) is 0 Å². The van der Waals surface area contributed by atoms with Gasteiger partial charge in [0.05, 0.1) is 0 Å². The second-order valence-electron chi connectivity index (χ2n) is 5.51. The third-order valence-corrected chi connectivity index (χ3v) is 4.58. The maximum absolute atomic E-state index is 10.3. The molecule has 0 spiro atoms. The Bertz CT molecular complexity index is 333. The van der Waals surface area contributed by atoms with Crippen LogP contribution in [0.1, 0.15) is 75.5 Å². The van der Waals surface area contributed by atoms with E-state index in [-0.39, 0.29) is 0 Å². The van der Waals surface area contributed by atoms with Crippen LogP contribution in [0.2, 0.25) is 0 Å². The van der Waals surface area contributed by atoms with Gasteiger partial charge in [-0.2, -0.15) is 0 Å². The van der Waals surface area contributed by atoms with Crippen LogP contribution in [0.15, 0.2) is 17.5 Å². The smallest absolute Gasteiger partial charge is 0.303 e. The highest BCUT2D eigenvalue weighted by molar-refractivity contribution is 7.09. The van der Waals surface area contributed by atoms with Gasteiger partial charge in [-0.15, -0.1) is 11.3 Å². The third-order valence-electron chi connectivity index (χ3n) is 3.64. The summed E-state index contributed by atoms with van der Waals surface area (Å²) in [4.78, 5) is 11.9. The predicted octanol–water partition coefficient (Wildman–Crippen LogP) is 5.67. The van der Waals surface area contributed by atoms with Crippen LogP contribution >= 0.6 is 11.3 Å². The maximum Gasteiger partial charge on any atom is 0.303 e. The first-order chi connectivity index (χ1) is 9.79. The van der Waals surface area contributed by atoms with Crippen LogP contribution < -0.4 is 0 Å². The van der Waals surface area contributed by atoms with Crippen molar-refractivity contribution in [3.05, 3.63) is 22.4 Å². The number of unbranched alkanes of at least 4 members (excludes halogenated alkanes) is 9. The van der Waals surface area contributed by atoms with E-state index in [1.165, 1.54) is 62.7 Å². The summed E-state index contributed by atoms with van der Waals surface area (Å²) < 4.78 is 0. The van der Waals surface area contributed by atoms with Gasteiger partial charge in [0.1, 0.15) is 0 Å². The number of carbonyl (C=O) groups is 1. The fourth-order valence-corrected chi connectivity index (χ4v) is 3.20. The van der Waals surface area contributed by atoms with Crippen LogP contribution in [-0.4, -0.2) is 11.1 Å². The Labute approximate surface area is 127 Å². The summed E-state index contributed by atoms with van der Waals surface area (Å²) in [5.74, 6) is -0.660. The van der Waals surface area contributed by atoms with E-state index in [1.54, 1.807) is 0 Å². The summed E-state index contributed by atoms with van der Waals surface area (Å²) >= 11 is 1.87. The lowest BCUT2D eigenvalue weighted by molar-refractivity contribution is -0.137. The molecule has 0 saturated carbocycles. The first kappa shape index (κ1) is 17.2. The summed E-state index contributed by atoms with van der Waals surface area (Å²) in [5.41, 5.74) is 0. The van der Waals surface area contributed by atoms with E-state index in [9.17, 15) is 4.79 Å². The van der Waals surface area contributed by atoms with Crippen LogP contribution in [-0.2, 0) is 11.2 Å². The Kier molecular flexibility index (Phi) is 10.3. The Morgan fingerprint density at radius 3 is 1.95 bits per heavy atom. The van der Waals surface area contributed by atoms with E-state index in [4.69, 9.17) is 5.11 Å². The molecule has 1 N–H and O–H groups in total. The summed E-state index contributed by atoms with van der Waals surface area (Å²) in [6, 6.07) is 4.37. The van der Waals surface area contributed by atoms with Gasteiger partial charge in [0.15, 0.2) is 0 Å². The van der Waals surface area contributed by atoms with E-state index in [2.05, 4.69) is 17.5 Å². The van der Waals surface area contributed by atoms with Gasteiger partial charge >= 0.3 is 5.97 Å². The lowest BCUT2D eigenvalue weighted by atomic mass is 10.0. The monoisotopic (exact) mass is 296 g/mol. The molecule has 1 heterocycles. The van der Waals surface area contributed by atoms with Crippen molar-refractivity contribution in [2.45, 2.75) is 77.0 Å². The van der Waals surface area contributed by atoms with Crippen molar-refractivity contribution in [3.8, 4) is 0 Å². The molecule has 0 unspecified atom stereocenters. The number of aliphatic carboxylic acids is 1. The Hall–Kier alpha value is -0.830. The summed E-state index contributed by atoms with van der Waals surface area (Å²) in [6.45, 7) is 0. The molecule has 0 aromatic carbocycles. The van der Waals surface area contributed by atoms with Crippen molar-refractivity contribution < 1.29 is 9.90 Å². The van der Waals surface area contributed by atoms with Crippen molar-refractivity contribution >= 4 is 17.3 Å². The Balaban J connectivity index is 1.73. The number of thiophene rings is 1. The van der Waals surface area contributed by atoms with Crippen molar-refractivity contribution in [2.75, 3.05) is 0 Å². The average Bonchev–Trinajstić information content (AvgIpc) is 2.93. The molecule has 0 atom stereocenters. The second kappa shape index (κ2) is 12.0. The Morgan fingerprint density at radius 2 is 1.45 bits per heavy atom. The zero-order chi connectivity index (χ0) is 14.5. The molecule has 1 aromatic heterocycles. The minimum atomic E-state index is -0.660.